The van der Waals surface area contributed by atoms with Gasteiger partial charge in [-0.3, -0.25) is 9.59 Å². The zero-order valence-corrected chi connectivity index (χ0v) is 6.63. The molecule has 1 aliphatic heterocycles. The van der Waals surface area contributed by atoms with Gasteiger partial charge in [-0.25, -0.2) is 0 Å². The third-order valence-corrected chi connectivity index (χ3v) is 1.76. The molecule has 0 aromatic rings. The second kappa shape index (κ2) is 3.62. The predicted octanol–water partition coefficient (Wildman–Crippen LogP) is 0.714. The fraction of sp³-hybridized carbons (Fsp3) is 0.750. The molecule has 0 radical (unpaired) electrons. The second-order valence-corrected chi connectivity index (χ2v) is 2.78. The van der Waals surface area contributed by atoms with Crippen molar-refractivity contribution in [3.63, 3.8) is 0 Å². The lowest BCUT2D eigenvalue weighted by molar-refractivity contribution is -0.140. The minimum absolute atomic E-state index is 0.0602. The summed E-state index contributed by atoms with van der Waals surface area (Å²) < 4.78 is 5.08. The predicted molar refractivity (Wildman–Crippen MR) is 39.3 cm³/mol. The van der Waals surface area contributed by atoms with Gasteiger partial charge in [-0.2, -0.15) is 0 Å². The van der Waals surface area contributed by atoms with Crippen molar-refractivity contribution in [2.75, 3.05) is 6.61 Å². The molecule has 1 saturated heterocycles. The Balaban J connectivity index is 2.59. The molecule has 0 amide bonds. The summed E-state index contributed by atoms with van der Waals surface area (Å²) in [6.45, 7) is 1.93. The number of ketones is 2. The third-order valence-electron chi connectivity index (χ3n) is 1.76. The Hall–Kier alpha value is -0.700. The molecule has 0 N–H and O–H groups in total. The Bertz CT molecular complexity index is 174. The van der Waals surface area contributed by atoms with E-state index in [1.807, 2.05) is 0 Å². The Labute approximate surface area is 65.7 Å². The van der Waals surface area contributed by atoms with Crippen LogP contribution in [0, 0.1) is 0 Å². The molecule has 11 heavy (non-hydrogen) atoms. The normalized spacial score (nSPS) is 26.3. The van der Waals surface area contributed by atoms with E-state index in [1.54, 1.807) is 0 Å². The number of hydrogen-bond acceptors (Lipinski definition) is 3. The molecule has 0 aliphatic carbocycles. The quantitative estimate of drug-likeness (QED) is 0.525. The fourth-order valence-corrected chi connectivity index (χ4v) is 1.17. The van der Waals surface area contributed by atoms with Gasteiger partial charge in [0.2, 0.25) is 0 Å². The van der Waals surface area contributed by atoms with Gasteiger partial charge in [-0.1, -0.05) is 0 Å². The summed E-state index contributed by atoms with van der Waals surface area (Å²) in [4.78, 5) is 21.9. The zero-order chi connectivity index (χ0) is 8.27. The van der Waals surface area contributed by atoms with Crippen molar-refractivity contribution in [1.82, 2.24) is 0 Å². The van der Waals surface area contributed by atoms with E-state index < -0.39 is 6.10 Å². The molecule has 62 valence electrons. The van der Waals surface area contributed by atoms with Crippen LogP contribution in [0.4, 0.5) is 0 Å². The lowest BCUT2D eigenvalue weighted by Crippen LogP contribution is -2.29. The van der Waals surface area contributed by atoms with E-state index in [0.29, 0.717) is 13.0 Å². The van der Waals surface area contributed by atoms with E-state index in [2.05, 4.69) is 0 Å². The topological polar surface area (TPSA) is 43.4 Å². The Morgan fingerprint density at radius 3 is 2.91 bits per heavy atom. The lowest BCUT2D eigenvalue weighted by Gasteiger charge is -2.08. The van der Waals surface area contributed by atoms with Crippen molar-refractivity contribution in [3.05, 3.63) is 0 Å². The van der Waals surface area contributed by atoms with Crippen LogP contribution in [0.15, 0.2) is 0 Å². The van der Waals surface area contributed by atoms with Gasteiger partial charge in [0.05, 0.1) is 0 Å². The maximum atomic E-state index is 11.1. The van der Waals surface area contributed by atoms with Gasteiger partial charge in [0, 0.05) is 13.0 Å². The highest BCUT2D eigenvalue weighted by atomic mass is 16.5. The summed E-state index contributed by atoms with van der Waals surface area (Å²) in [5, 5.41) is 0. The van der Waals surface area contributed by atoms with Crippen molar-refractivity contribution in [3.8, 4) is 0 Å². The molecule has 1 rings (SSSR count). The summed E-state index contributed by atoms with van der Waals surface area (Å²) in [5.74, 6) is -0.230. The van der Waals surface area contributed by atoms with Gasteiger partial charge in [0.25, 0.3) is 0 Å². The number of carbonyl (C=O) groups excluding carboxylic acids is 2. The number of hydrogen-bond donors (Lipinski definition) is 0. The van der Waals surface area contributed by atoms with Crippen LogP contribution < -0.4 is 0 Å². The number of carbonyl (C=O) groups is 2. The molecule has 0 spiro atoms. The van der Waals surface area contributed by atoms with E-state index in [1.165, 1.54) is 6.92 Å². The molecule has 3 heteroatoms. The summed E-state index contributed by atoms with van der Waals surface area (Å²) in [6.07, 6.45) is 1.46. The molecule has 3 nitrogen and oxygen atoms in total. The van der Waals surface area contributed by atoms with E-state index in [9.17, 15) is 9.59 Å². The minimum atomic E-state index is -0.766. The highest BCUT2D eigenvalue weighted by molar-refractivity contribution is 6.04. The number of rotatable bonds is 1. The van der Waals surface area contributed by atoms with Crippen LogP contribution in [0.2, 0.25) is 0 Å². The van der Waals surface area contributed by atoms with Crippen LogP contribution in [0.5, 0.6) is 0 Å². The van der Waals surface area contributed by atoms with Crippen molar-refractivity contribution in [2.45, 2.75) is 32.3 Å². The molecule has 1 atom stereocenters. The van der Waals surface area contributed by atoms with Gasteiger partial charge in [0.1, 0.15) is 0 Å². The molecular weight excluding hydrogens is 144 g/mol. The molecule has 1 aliphatic rings. The number of ether oxygens (including phenoxy) is 1. The molecule has 1 heterocycles. The van der Waals surface area contributed by atoms with Crippen molar-refractivity contribution < 1.29 is 14.3 Å². The monoisotopic (exact) mass is 156 g/mol. The SMILES string of the molecule is CC(=O)C1OCCCCC1=O. The van der Waals surface area contributed by atoms with Gasteiger partial charge >= 0.3 is 0 Å². The fourth-order valence-electron chi connectivity index (χ4n) is 1.17. The van der Waals surface area contributed by atoms with E-state index >= 15 is 0 Å². The average Bonchev–Trinajstić information content (AvgIpc) is 2.13. The highest BCUT2D eigenvalue weighted by Crippen LogP contribution is 2.10. The first kappa shape index (κ1) is 8.40. The summed E-state index contributed by atoms with van der Waals surface area (Å²) in [6, 6.07) is 0. The zero-order valence-electron chi connectivity index (χ0n) is 6.63. The van der Waals surface area contributed by atoms with Crippen LogP contribution in [-0.2, 0) is 14.3 Å². The summed E-state index contributed by atoms with van der Waals surface area (Å²) in [5.41, 5.74) is 0. The Morgan fingerprint density at radius 2 is 2.27 bits per heavy atom. The highest BCUT2D eigenvalue weighted by Gasteiger charge is 2.25. The second-order valence-electron chi connectivity index (χ2n) is 2.78. The van der Waals surface area contributed by atoms with E-state index in [0.717, 1.165) is 12.8 Å². The Morgan fingerprint density at radius 1 is 1.55 bits per heavy atom. The number of Topliss-reactive ketones (excluding diaryl/α,β-unsaturated/α-hetero) is 2. The first-order valence-corrected chi connectivity index (χ1v) is 3.86. The third kappa shape index (κ3) is 2.12. The van der Waals surface area contributed by atoms with E-state index in [4.69, 9.17) is 4.74 Å². The first-order chi connectivity index (χ1) is 5.22. The maximum absolute atomic E-state index is 11.1. The molecule has 0 saturated carbocycles. The van der Waals surface area contributed by atoms with Gasteiger partial charge in [-0.05, 0) is 19.8 Å². The molecule has 1 fully saturated rings. The average molecular weight is 156 g/mol. The van der Waals surface area contributed by atoms with Crippen molar-refractivity contribution in [2.24, 2.45) is 0 Å². The lowest BCUT2D eigenvalue weighted by atomic mass is 10.1. The first-order valence-electron chi connectivity index (χ1n) is 3.86. The van der Waals surface area contributed by atoms with Crippen molar-refractivity contribution in [1.29, 1.82) is 0 Å². The summed E-state index contributed by atoms with van der Waals surface area (Å²) in [7, 11) is 0. The van der Waals surface area contributed by atoms with Crippen LogP contribution in [0.3, 0.4) is 0 Å². The van der Waals surface area contributed by atoms with Crippen LogP contribution in [0.1, 0.15) is 26.2 Å². The molecule has 0 aromatic heterocycles. The molecule has 0 bridgehead atoms. The van der Waals surface area contributed by atoms with E-state index in [-0.39, 0.29) is 11.6 Å². The van der Waals surface area contributed by atoms with Gasteiger partial charge < -0.3 is 4.74 Å². The summed E-state index contributed by atoms with van der Waals surface area (Å²) >= 11 is 0. The Kier molecular flexibility index (Phi) is 2.76. The molecule has 0 aromatic carbocycles. The van der Waals surface area contributed by atoms with Crippen molar-refractivity contribution >= 4 is 11.6 Å². The molecular formula is C8H12O3. The maximum Gasteiger partial charge on any atom is 0.173 e. The van der Waals surface area contributed by atoms with Gasteiger partial charge in [0.15, 0.2) is 17.7 Å². The largest absolute Gasteiger partial charge is 0.363 e. The molecule has 1 unspecified atom stereocenters. The van der Waals surface area contributed by atoms with Crippen LogP contribution in [0.25, 0.3) is 0 Å². The smallest absolute Gasteiger partial charge is 0.173 e. The standard InChI is InChI=1S/C8H12O3/c1-6(9)8-7(10)4-2-3-5-11-8/h8H,2-5H2,1H3. The van der Waals surface area contributed by atoms with Crippen LogP contribution in [-0.4, -0.2) is 24.3 Å². The van der Waals surface area contributed by atoms with Crippen LogP contribution >= 0.6 is 0 Å². The minimum Gasteiger partial charge on any atom is -0.363 e. The van der Waals surface area contributed by atoms with Gasteiger partial charge in [-0.15, -0.1) is 0 Å².